The largest absolute Gasteiger partial charge is 0.465 e. The summed E-state index contributed by atoms with van der Waals surface area (Å²) < 4.78 is 4.79. The lowest BCUT2D eigenvalue weighted by molar-refractivity contribution is -0.144. The minimum Gasteiger partial charge on any atom is -0.465 e. The van der Waals surface area contributed by atoms with Gasteiger partial charge >= 0.3 is 5.97 Å². The van der Waals surface area contributed by atoms with Crippen molar-refractivity contribution in [3.63, 3.8) is 0 Å². The van der Waals surface area contributed by atoms with E-state index in [1.807, 2.05) is 6.92 Å². The van der Waals surface area contributed by atoms with Crippen LogP contribution in [0.25, 0.3) is 0 Å². The molecule has 5 heteroatoms. The van der Waals surface area contributed by atoms with Gasteiger partial charge in [0, 0.05) is 6.61 Å². The number of thioether (sulfide) groups is 1. The molecule has 0 aromatic rings. The maximum absolute atomic E-state index is 11.1. The number of aliphatic hydroxyl groups is 1. The summed E-state index contributed by atoms with van der Waals surface area (Å²) in [5.74, 6) is 1.69. The third-order valence-corrected chi connectivity index (χ3v) is 3.21. The van der Waals surface area contributed by atoms with Gasteiger partial charge < -0.3 is 15.6 Å². The molecule has 0 aromatic carbocycles. The zero-order valence-electron chi connectivity index (χ0n) is 9.44. The second-order valence-corrected chi connectivity index (χ2v) is 4.66. The van der Waals surface area contributed by atoms with E-state index in [9.17, 15) is 4.79 Å². The first-order chi connectivity index (χ1) is 7.11. The van der Waals surface area contributed by atoms with Crippen molar-refractivity contribution in [2.24, 2.45) is 11.7 Å². The molecule has 0 heterocycles. The van der Waals surface area contributed by atoms with E-state index < -0.39 is 6.04 Å². The molecular formula is C10H21NO3S. The number of nitrogens with two attached hydrogens (primary N) is 1. The third kappa shape index (κ3) is 7.64. The highest BCUT2D eigenvalue weighted by Gasteiger charge is 2.13. The molecule has 90 valence electrons. The normalized spacial score (nSPS) is 14.7. The number of carbonyl (C=O) groups excluding carboxylic acids is 1. The number of hydrogen-bond acceptors (Lipinski definition) is 5. The van der Waals surface area contributed by atoms with E-state index in [0.717, 1.165) is 11.5 Å². The van der Waals surface area contributed by atoms with Gasteiger partial charge in [-0.2, -0.15) is 11.8 Å². The predicted octanol–water partition coefficient (Wildman–Crippen LogP) is 0.628. The minimum absolute atomic E-state index is 0.205. The van der Waals surface area contributed by atoms with Crippen molar-refractivity contribution in [1.82, 2.24) is 0 Å². The van der Waals surface area contributed by atoms with E-state index >= 15 is 0 Å². The summed E-state index contributed by atoms with van der Waals surface area (Å²) in [5.41, 5.74) is 5.62. The van der Waals surface area contributed by atoms with E-state index in [4.69, 9.17) is 15.6 Å². The van der Waals surface area contributed by atoms with Gasteiger partial charge in [0.25, 0.3) is 0 Å². The van der Waals surface area contributed by atoms with Crippen molar-refractivity contribution in [3.8, 4) is 0 Å². The van der Waals surface area contributed by atoms with Crippen LogP contribution in [0.4, 0.5) is 0 Å². The molecule has 2 unspecified atom stereocenters. The van der Waals surface area contributed by atoms with Crippen LogP contribution in [-0.4, -0.2) is 41.8 Å². The smallest absolute Gasteiger partial charge is 0.322 e. The molecule has 0 radical (unpaired) electrons. The molecule has 0 rings (SSSR count). The van der Waals surface area contributed by atoms with Crippen molar-refractivity contribution in [3.05, 3.63) is 0 Å². The number of aliphatic hydroxyl groups excluding tert-OH is 1. The van der Waals surface area contributed by atoms with Crippen LogP contribution in [0.2, 0.25) is 0 Å². The first-order valence-corrected chi connectivity index (χ1v) is 6.38. The lowest BCUT2D eigenvalue weighted by atomic mass is 10.2. The lowest BCUT2D eigenvalue weighted by Crippen LogP contribution is -2.32. The topological polar surface area (TPSA) is 72.5 Å². The van der Waals surface area contributed by atoms with E-state index in [0.29, 0.717) is 18.9 Å². The summed E-state index contributed by atoms with van der Waals surface area (Å²) >= 11 is 1.70. The Labute approximate surface area is 95.6 Å². The Kier molecular flexibility index (Phi) is 8.85. The molecule has 0 aliphatic heterocycles. The Bertz CT molecular complexity index is 178. The summed E-state index contributed by atoms with van der Waals surface area (Å²) in [6, 6.07) is -0.512. The van der Waals surface area contributed by atoms with Gasteiger partial charge in [0.15, 0.2) is 0 Å². The van der Waals surface area contributed by atoms with Crippen LogP contribution in [0.1, 0.15) is 20.3 Å². The highest BCUT2D eigenvalue weighted by atomic mass is 32.2. The molecule has 3 N–H and O–H groups in total. The monoisotopic (exact) mass is 235 g/mol. The van der Waals surface area contributed by atoms with Gasteiger partial charge in [0.1, 0.15) is 6.04 Å². The molecule has 4 nitrogen and oxygen atoms in total. The van der Waals surface area contributed by atoms with Crippen molar-refractivity contribution in [2.75, 3.05) is 24.7 Å². The zero-order valence-corrected chi connectivity index (χ0v) is 10.3. The second-order valence-electron chi connectivity index (χ2n) is 3.51. The predicted molar refractivity (Wildman–Crippen MR) is 62.8 cm³/mol. The summed E-state index contributed by atoms with van der Waals surface area (Å²) in [5, 5.41) is 8.79. The highest BCUT2D eigenvalue weighted by molar-refractivity contribution is 7.99. The lowest BCUT2D eigenvalue weighted by Gasteiger charge is -2.11. The Morgan fingerprint density at radius 2 is 2.27 bits per heavy atom. The van der Waals surface area contributed by atoms with E-state index in [-0.39, 0.29) is 12.6 Å². The van der Waals surface area contributed by atoms with E-state index in [2.05, 4.69) is 0 Å². The first kappa shape index (κ1) is 14.7. The van der Waals surface area contributed by atoms with Crippen LogP contribution in [0.15, 0.2) is 0 Å². The second kappa shape index (κ2) is 9.00. The molecule has 0 bridgehead atoms. The SMILES string of the molecule is CCOC(=O)C(N)CCSCC(C)CO. The number of esters is 1. The van der Waals surface area contributed by atoms with Crippen LogP contribution in [0.5, 0.6) is 0 Å². The minimum atomic E-state index is -0.512. The summed E-state index contributed by atoms with van der Waals surface area (Å²) in [7, 11) is 0. The maximum atomic E-state index is 11.1. The quantitative estimate of drug-likeness (QED) is 0.477. The fourth-order valence-electron chi connectivity index (χ4n) is 0.915. The van der Waals surface area contributed by atoms with Gasteiger partial charge in [-0.1, -0.05) is 6.92 Å². The van der Waals surface area contributed by atoms with Gasteiger partial charge in [0.05, 0.1) is 6.61 Å². The molecule has 0 fully saturated rings. The Balaban J connectivity index is 3.46. The van der Waals surface area contributed by atoms with Crippen LogP contribution in [-0.2, 0) is 9.53 Å². The van der Waals surface area contributed by atoms with Crippen LogP contribution in [0.3, 0.4) is 0 Å². The van der Waals surface area contributed by atoms with Gasteiger partial charge in [-0.25, -0.2) is 0 Å². The highest BCUT2D eigenvalue weighted by Crippen LogP contribution is 2.10. The molecule has 0 saturated heterocycles. The first-order valence-electron chi connectivity index (χ1n) is 5.22. The molecule has 0 spiro atoms. The Hall–Kier alpha value is -0.260. The number of rotatable bonds is 8. The third-order valence-electron chi connectivity index (χ3n) is 1.88. The maximum Gasteiger partial charge on any atom is 0.322 e. The van der Waals surface area contributed by atoms with Gasteiger partial charge in [-0.15, -0.1) is 0 Å². The van der Waals surface area contributed by atoms with Crippen molar-refractivity contribution in [2.45, 2.75) is 26.3 Å². The standard InChI is InChI=1S/C10H21NO3S/c1-3-14-10(13)9(11)4-5-15-7-8(2)6-12/h8-9,12H,3-7,11H2,1-2H3. The van der Waals surface area contributed by atoms with Crippen LogP contribution < -0.4 is 5.73 Å². The molecule has 0 aliphatic carbocycles. The number of carbonyl (C=O) groups is 1. The number of hydrogen-bond donors (Lipinski definition) is 2. The average molecular weight is 235 g/mol. The van der Waals surface area contributed by atoms with Gasteiger partial charge in [-0.3, -0.25) is 4.79 Å². The molecule has 0 aliphatic rings. The fraction of sp³-hybridized carbons (Fsp3) is 0.900. The summed E-state index contributed by atoms with van der Waals surface area (Å²) in [4.78, 5) is 11.1. The Morgan fingerprint density at radius 3 is 2.80 bits per heavy atom. The number of ether oxygens (including phenoxy) is 1. The molecule has 0 amide bonds. The van der Waals surface area contributed by atoms with E-state index in [1.165, 1.54) is 0 Å². The molecule has 0 saturated carbocycles. The zero-order chi connectivity index (χ0) is 11.7. The van der Waals surface area contributed by atoms with Gasteiger partial charge in [-0.05, 0) is 30.8 Å². The molecule has 2 atom stereocenters. The molecule has 0 aromatic heterocycles. The van der Waals surface area contributed by atoms with Gasteiger partial charge in [0.2, 0.25) is 0 Å². The van der Waals surface area contributed by atoms with Crippen molar-refractivity contribution in [1.29, 1.82) is 0 Å². The van der Waals surface area contributed by atoms with Crippen molar-refractivity contribution < 1.29 is 14.6 Å². The molecule has 15 heavy (non-hydrogen) atoms. The summed E-state index contributed by atoms with van der Waals surface area (Å²) in [6.45, 7) is 4.33. The summed E-state index contributed by atoms with van der Waals surface area (Å²) in [6.07, 6.45) is 0.627. The molecular weight excluding hydrogens is 214 g/mol. The fourth-order valence-corrected chi connectivity index (χ4v) is 2.01. The Morgan fingerprint density at radius 1 is 1.60 bits per heavy atom. The van der Waals surface area contributed by atoms with Crippen molar-refractivity contribution >= 4 is 17.7 Å². The average Bonchev–Trinajstić information content (AvgIpc) is 2.23. The van der Waals surface area contributed by atoms with E-state index in [1.54, 1.807) is 18.7 Å². The van der Waals surface area contributed by atoms with Crippen LogP contribution >= 0.6 is 11.8 Å². The van der Waals surface area contributed by atoms with Crippen LogP contribution in [0, 0.1) is 5.92 Å².